The van der Waals surface area contributed by atoms with E-state index in [1.54, 1.807) is 20.8 Å². The van der Waals surface area contributed by atoms with Crippen molar-refractivity contribution in [1.82, 2.24) is 10.2 Å². The molecule has 1 aromatic rings. The van der Waals surface area contributed by atoms with E-state index >= 15 is 0 Å². The molecule has 2 unspecified atom stereocenters. The summed E-state index contributed by atoms with van der Waals surface area (Å²) in [5, 5.41) is 12.6. The molecule has 0 aromatic heterocycles. The number of carbonyl (C=O) groups excluding carboxylic acids is 3. The highest BCUT2D eigenvalue weighted by molar-refractivity contribution is 6.09. The van der Waals surface area contributed by atoms with Crippen LogP contribution in [0.25, 0.3) is 0 Å². The number of β-amino-alcohol motifs (C(OH)–C–C–N with tert-alkyl or cyclic N) is 1. The van der Waals surface area contributed by atoms with Crippen molar-refractivity contribution in [2.24, 2.45) is 0 Å². The van der Waals surface area contributed by atoms with E-state index in [4.69, 9.17) is 4.74 Å². The van der Waals surface area contributed by atoms with Gasteiger partial charge in [0.2, 0.25) is 0 Å². The van der Waals surface area contributed by atoms with E-state index in [1.807, 2.05) is 18.2 Å². The molecular formula is C21H27N3O5. The number of urea groups is 1. The lowest BCUT2D eigenvalue weighted by atomic mass is 9.91. The Kier molecular flexibility index (Phi) is 4.57. The molecule has 2 saturated heterocycles. The van der Waals surface area contributed by atoms with Crippen molar-refractivity contribution in [2.75, 3.05) is 24.5 Å². The first-order valence-corrected chi connectivity index (χ1v) is 10.0. The fourth-order valence-corrected chi connectivity index (χ4v) is 4.46. The molecule has 2 atom stereocenters. The van der Waals surface area contributed by atoms with Crippen LogP contribution in [0.3, 0.4) is 0 Å². The van der Waals surface area contributed by atoms with Gasteiger partial charge in [-0.1, -0.05) is 6.07 Å². The molecular weight excluding hydrogens is 374 g/mol. The monoisotopic (exact) mass is 401 g/mol. The van der Waals surface area contributed by atoms with Crippen LogP contribution in [0, 0.1) is 0 Å². The number of aryl methyl sites for hydroxylation is 1. The highest BCUT2D eigenvalue weighted by atomic mass is 16.6. The number of fused-ring (bicyclic) bond motifs is 2. The number of imide groups is 1. The van der Waals surface area contributed by atoms with Gasteiger partial charge in [0.15, 0.2) is 0 Å². The van der Waals surface area contributed by atoms with Crippen molar-refractivity contribution >= 4 is 23.6 Å². The van der Waals surface area contributed by atoms with Gasteiger partial charge < -0.3 is 20.1 Å². The second-order valence-corrected chi connectivity index (χ2v) is 9.04. The minimum atomic E-state index is -1.11. The maximum absolute atomic E-state index is 13.2. The van der Waals surface area contributed by atoms with Crippen LogP contribution in [0.2, 0.25) is 0 Å². The predicted molar refractivity (Wildman–Crippen MR) is 105 cm³/mol. The van der Waals surface area contributed by atoms with Gasteiger partial charge in [-0.2, -0.15) is 0 Å². The van der Waals surface area contributed by atoms with E-state index in [9.17, 15) is 19.5 Å². The third-order valence-electron chi connectivity index (χ3n) is 5.73. The van der Waals surface area contributed by atoms with Crippen LogP contribution in [0.5, 0.6) is 0 Å². The molecule has 1 aromatic carbocycles. The van der Waals surface area contributed by atoms with Crippen LogP contribution in [-0.4, -0.2) is 59.3 Å². The summed E-state index contributed by atoms with van der Waals surface area (Å²) in [4.78, 5) is 40.9. The molecule has 2 N–H and O–H groups in total. The molecule has 2 aliphatic heterocycles. The molecule has 156 valence electrons. The Labute approximate surface area is 169 Å². The summed E-state index contributed by atoms with van der Waals surface area (Å²) in [6.45, 7) is 6.21. The fraction of sp³-hybridized carbons (Fsp3) is 0.571. The molecule has 29 heavy (non-hydrogen) atoms. The summed E-state index contributed by atoms with van der Waals surface area (Å²) in [5.74, 6) is -1.02. The first-order chi connectivity index (χ1) is 13.6. The Morgan fingerprint density at radius 1 is 1.34 bits per heavy atom. The molecule has 3 amide bonds. The molecule has 8 heteroatoms. The van der Waals surface area contributed by atoms with Crippen LogP contribution in [-0.2, 0) is 26.3 Å². The quantitative estimate of drug-likeness (QED) is 0.585. The number of hydrogen-bond acceptors (Lipinski definition) is 6. The number of esters is 1. The van der Waals surface area contributed by atoms with Crippen LogP contribution in [0.15, 0.2) is 18.2 Å². The van der Waals surface area contributed by atoms with E-state index in [2.05, 4.69) is 10.2 Å². The highest BCUT2D eigenvalue weighted by Crippen LogP contribution is 2.43. The Balaban J connectivity index is 1.55. The molecule has 0 saturated carbocycles. The van der Waals surface area contributed by atoms with E-state index in [0.29, 0.717) is 19.4 Å². The molecule has 0 radical (unpaired) electrons. The van der Waals surface area contributed by atoms with Crippen molar-refractivity contribution in [3.63, 3.8) is 0 Å². The SMILES string of the molecule is CC(C)(C)OC(=O)CN1C(=O)NC2(CCc3cc(N4CCC(O)C4)ccc32)C1=O. The number of amides is 3. The molecule has 3 aliphatic rings. The van der Waals surface area contributed by atoms with Crippen molar-refractivity contribution in [3.05, 3.63) is 29.3 Å². The molecule has 2 fully saturated rings. The number of benzene rings is 1. The van der Waals surface area contributed by atoms with Gasteiger partial charge in [-0.05, 0) is 63.3 Å². The minimum Gasteiger partial charge on any atom is -0.459 e. The maximum atomic E-state index is 13.2. The first kappa shape index (κ1) is 19.7. The summed E-state index contributed by atoms with van der Waals surface area (Å²) in [7, 11) is 0. The summed E-state index contributed by atoms with van der Waals surface area (Å²) in [6.07, 6.45) is 1.55. The second-order valence-electron chi connectivity index (χ2n) is 9.04. The second kappa shape index (κ2) is 6.73. The van der Waals surface area contributed by atoms with Crippen molar-refractivity contribution in [1.29, 1.82) is 0 Å². The number of aliphatic hydroxyl groups excluding tert-OH is 1. The third-order valence-corrected chi connectivity index (χ3v) is 5.73. The number of nitrogens with one attached hydrogen (secondary N) is 1. The van der Waals surface area contributed by atoms with Crippen molar-refractivity contribution in [2.45, 2.75) is 57.3 Å². The average Bonchev–Trinajstić information content (AvgIpc) is 3.27. The standard InChI is InChI=1S/C21H27N3O5/c1-20(2,3)29-17(26)12-24-18(27)21(22-19(24)28)8-6-13-10-14(4-5-16(13)21)23-9-7-15(25)11-23/h4-5,10,15,25H,6-9,11-12H2,1-3H3,(H,22,28). The summed E-state index contributed by atoms with van der Waals surface area (Å²) in [5.41, 5.74) is 1.01. The van der Waals surface area contributed by atoms with E-state index in [1.165, 1.54) is 0 Å². The van der Waals surface area contributed by atoms with Crippen molar-refractivity contribution < 1.29 is 24.2 Å². The number of ether oxygens (including phenoxy) is 1. The van der Waals surface area contributed by atoms with Crippen molar-refractivity contribution in [3.8, 4) is 0 Å². The predicted octanol–water partition coefficient (Wildman–Crippen LogP) is 1.29. The third kappa shape index (κ3) is 3.46. The molecule has 0 bridgehead atoms. The number of aliphatic hydroxyl groups is 1. The number of nitrogens with zero attached hydrogens (tertiary/aromatic N) is 2. The fourth-order valence-electron chi connectivity index (χ4n) is 4.46. The van der Waals surface area contributed by atoms with Gasteiger partial charge >= 0.3 is 12.0 Å². The van der Waals surface area contributed by atoms with Crippen LogP contribution >= 0.6 is 0 Å². The highest BCUT2D eigenvalue weighted by Gasteiger charge is 2.55. The first-order valence-electron chi connectivity index (χ1n) is 10.0. The smallest absolute Gasteiger partial charge is 0.326 e. The molecule has 8 nitrogen and oxygen atoms in total. The Morgan fingerprint density at radius 2 is 2.10 bits per heavy atom. The molecule has 1 aliphatic carbocycles. The lowest BCUT2D eigenvalue weighted by Gasteiger charge is -2.24. The van der Waals surface area contributed by atoms with E-state index in [0.717, 1.165) is 34.7 Å². The molecule has 2 heterocycles. The lowest BCUT2D eigenvalue weighted by Crippen LogP contribution is -2.43. The Bertz CT molecular complexity index is 878. The average molecular weight is 401 g/mol. The van der Waals surface area contributed by atoms with E-state index in [-0.39, 0.29) is 6.10 Å². The topological polar surface area (TPSA) is 99.2 Å². The zero-order valence-electron chi connectivity index (χ0n) is 17.0. The zero-order valence-corrected chi connectivity index (χ0v) is 17.0. The number of carbonyl (C=O) groups is 3. The summed E-state index contributed by atoms with van der Waals surface area (Å²) in [6, 6.07) is 5.29. The number of hydrogen-bond donors (Lipinski definition) is 2. The minimum absolute atomic E-state index is 0.313. The number of anilines is 1. The van der Waals surface area contributed by atoms with Gasteiger partial charge in [-0.15, -0.1) is 0 Å². The summed E-state index contributed by atoms with van der Waals surface area (Å²) >= 11 is 0. The van der Waals surface area contributed by atoms with Gasteiger partial charge in [0.1, 0.15) is 17.7 Å². The van der Waals surface area contributed by atoms with Gasteiger partial charge in [0.25, 0.3) is 5.91 Å². The van der Waals surface area contributed by atoms with Gasteiger partial charge in [-0.3, -0.25) is 14.5 Å². The van der Waals surface area contributed by atoms with Crippen LogP contribution in [0.4, 0.5) is 10.5 Å². The van der Waals surface area contributed by atoms with Gasteiger partial charge in [0.05, 0.1) is 6.10 Å². The molecule has 1 spiro atoms. The largest absolute Gasteiger partial charge is 0.459 e. The zero-order chi connectivity index (χ0) is 21.0. The molecule has 4 rings (SSSR count). The maximum Gasteiger partial charge on any atom is 0.326 e. The lowest BCUT2D eigenvalue weighted by molar-refractivity contribution is -0.157. The normalized spacial score (nSPS) is 26.3. The van der Waals surface area contributed by atoms with Crippen LogP contribution < -0.4 is 10.2 Å². The van der Waals surface area contributed by atoms with Gasteiger partial charge in [-0.25, -0.2) is 4.79 Å². The van der Waals surface area contributed by atoms with Gasteiger partial charge in [0, 0.05) is 18.8 Å². The Hall–Kier alpha value is -2.61. The van der Waals surface area contributed by atoms with Crippen LogP contribution in [0.1, 0.15) is 44.7 Å². The number of rotatable bonds is 3. The Morgan fingerprint density at radius 3 is 2.76 bits per heavy atom. The summed E-state index contributed by atoms with van der Waals surface area (Å²) < 4.78 is 5.26. The van der Waals surface area contributed by atoms with E-state index < -0.39 is 35.6 Å².